The number of rotatable bonds is 6. The third-order valence-corrected chi connectivity index (χ3v) is 4.27. The van der Waals surface area contributed by atoms with Gasteiger partial charge in [0.25, 0.3) is 0 Å². The Balaban J connectivity index is 0.00000300. The quantitative estimate of drug-likeness (QED) is 0.316. The molecule has 0 aliphatic heterocycles. The molecule has 7 heteroatoms. The summed E-state index contributed by atoms with van der Waals surface area (Å²) in [5.74, 6) is 0.833. The number of aromatic nitrogens is 2. The van der Waals surface area contributed by atoms with Crippen molar-refractivity contribution in [3.8, 4) is 11.8 Å². The predicted molar refractivity (Wildman–Crippen MR) is 126 cm³/mol. The second-order valence-electron chi connectivity index (χ2n) is 6.46. The molecule has 0 unspecified atom stereocenters. The van der Waals surface area contributed by atoms with Crippen molar-refractivity contribution in [3.63, 3.8) is 0 Å². The van der Waals surface area contributed by atoms with Gasteiger partial charge >= 0.3 is 0 Å². The Hall–Kier alpha value is -2.86. The zero-order chi connectivity index (χ0) is 19.8. The molecule has 0 aliphatic rings. The Morgan fingerprint density at radius 2 is 1.86 bits per heavy atom. The van der Waals surface area contributed by atoms with Crippen molar-refractivity contribution in [3.05, 3.63) is 83.7 Å². The van der Waals surface area contributed by atoms with E-state index in [1.807, 2.05) is 78.7 Å². The first-order valence-electron chi connectivity index (χ1n) is 9.27. The lowest BCUT2D eigenvalue weighted by Crippen LogP contribution is -2.38. The second kappa shape index (κ2) is 11.2. The van der Waals surface area contributed by atoms with Crippen LogP contribution in [0.3, 0.4) is 0 Å². The summed E-state index contributed by atoms with van der Waals surface area (Å²) in [7, 11) is 2.01. The summed E-state index contributed by atoms with van der Waals surface area (Å²) in [4.78, 5) is 6.80. The number of guanidine groups is 1. The summed E-state index contributed by atoms with van der Waals surface area (Å²) in [6, 6.07) is 19.7. The molecule has 0 radical (unpaired) electrons. The SMILES string of the molecule is CCNC(=NCc1ccc(C#N)cc1)N(C)Cc1cnn(-c2ccccc2)c1.I. The first kappa shape index (κ1) is 22.4. The minimum Gasteiger partial charge on any atom is -0.357 e. The number of aliphatic imine (C=N–C) groups is 1. The number of nitriles is 1. The standard InChI is InChI=1S/C22H24N6.HI/c1-3-24-22(25-14-19-11-9-18(13-23)10-12-19)27(2)16-20-15-26-28(17-20)21-7-5-4-6-8-21;/h4-12,15,17H,3,14,16H2,1-2H3,(H,24,25);1H. The first-order valence-corrected chi connectivity index (χ1v) is 9.27. The maximum Gasteiger partial charge on any atom is 0.194 e. The molecular weight excluding hydrogens is 475 g/mol. The fourth-order valence-electron chi connectivity index (χ4n) is 2.83. The summed E-state index contributed by atoms with van der Waals surface area (Å²) >= 11 is 0. The van der Waals surface area contributed by atoms with Gasteiger partial charge in [0.2, 0.25) is 0 Å². The van der Waals surface area contributed by atoms with Gasteiger partial charge in [-0.25, -0.2) is 9.67 Å². The molecule has 0 atom stereocenters. The number of halogens is 1. The number of para-hydroxylation sites is 1. The normalized spacial score (nSPS) is 10.7. The van der Waals surface area contributed by atoms with E-state index in [9.17, 15) is 0 Å². The molecule has 1 aromatic heterocycles. The van der Waals surface area contributed by atoms with Crippen molar-refractivity contribution in [2.45, 2.75) is 20.0 Å². The lowest BCUT2D eigenvalue weighted by molar-refractivity contribution is 0.476. The van der Waals surface area contributed by atoms with Crippen molar-refractivity contribution in [2.75, 3.05) is 13.6 Å². The molecular formula is C22H25IN6. The molecule has 0 spiro atoms. The van der Waals surface area contributed by atoms with E-state index in [4.69, 9.17) is 10.3 Å². The zero-order valence-electron chi connectivity index (χ0n) is 16.6. The highest BCUT2D eigenvalue weighted by molar-refractivity contribution is 14.0. The van der Waals surface area contributed by atoms with E-state index in [1.165, 1.54) is 0 Å². The van der Waals surface area contributed by atoms with Crippen LogP contribution in [-0.2, 0) is 13.1 Å². The van der Waals surface area contributed by atoms with Crippen molar-refractivity contribution >= 4 is 29.9 Å². The number of nitrogens with one attached hydrogen (secondary N) is 1. The van der Waals surface area contributed by atoms with Gasteiger partial charge in [-0.15, -0.1) is 24.0 Å². The van der Waals surface area contributed by atoms with Gasteiger partial charge in [-0.2, -0.15) is 10.4 Å². The minimum absolute atomic E-state index is 0. The van der Waals surface area contributed by atoms with Crippen LogP contribution in [0.25, 0.3) is 5.69 Å². The van der Waals surface area contributed by atoms with Crippen LogP contribution >= 0.6 is 24.0 Å². The average Bonchev–Trinajstić information content (AvgIpc) is 3.20. The van der Waals surface area contributed by atoms with Crippen LogP contribution in [-0.4, -0.2) is 34.2 Å². The van der Waals surface area contributed by atoms with Crippen molar-refractivity contribution in [2.24, 2.45) is 4.99 Å². The van der Waals surface area contributed by atoms with Gasteiger partial charge in [0.05, 0.1) is 30.1 Å². The van der Waals surface area contributed by atoms with E-state index in [-0.39, 0.29) is 24.0 Å². The monoisotopic (exact) mass is 500 g/mol. The van der Waals surface area contributed by atoms with Crippen LogP contribution in [0.5, 0.6) is 0 Å². The molecule has 1 N–H and O–H groups in total. The molecule has 0 saturated heterocycles. The van der Waals surface area contributed by atoms with Gasteiger partial charge in [-0.05, 0) is 36.8 Å². The second-order valence-corrected chi connectivity index (χ2v) is 6.46. The third-order valence-electron chi connectivity index (χ3n) is 4.27. The molecule has 29 heavy (non-hydrogen) atoms. The molecule has 0 bridgehead atoms. The third kappa shape index (κ3) is 6.32. The fourth-order valence-corrected chi connectivity index (χ4v) is 2.83. The maximum absolute atomic E-state index is 8.90. The summed E-state index contributed by atoms with van der Waals surface area (Å²) in [5.41, 5.74) is 3.88. The predicted octanol–water partition coefficient (Wildman–Crippen LogP) is 3.96. The molecule has 3 aromatic rings. The number of benzene rings is 2. The Morgan fingerprint density at radius 1 is 1.14 bits per heavy atom. The smallest absolute Gasteiger partial charge is 0.194 e. The van der Waals surface area contributed by atoms with Gasteiger partial charge in [-0.3, -0.25) is 0 Å². The molecule has 0 aliphatic carbocycles. The van der Waals surface area contributed by atoms with E-state index < -0.39 is 0 Å². The molecule has 2 aromatic carbocycles. The molecule has 0 amide bonds. The van der Waals surface area contributed by atoms with Crippen molar-refractivity contribution in [1.82, 2.24) is 20.0 Å². The Kier molecular flexibility index (Phi) is 8.68. The lowest BCUT2D eigenvalue weighted by Gasteiger charge is -2.21. The van der Waals surface area contributed by atoms with Crippen molar-refractivity contribution in [1.29, 1.82) is 5.26 Å². The van der Waals surface area contributed by atoms with E-state index in [0.717, 1.165) is 29.3 Å². The maximum atomic E-state index is 8.90. The van der Waals surface area contributed by atoms with Gasteiger partial charge in [0, 0.05) is 31.9 Å². The summed E-state index contributed by atoms with van der Waals surface area (Å²) in [6.07, 6.45) is 3.92. The lowest BCUT2D eigenvalue weighted by atomic mass is 10.1. The summed E-state index contributed by atoms with van der Waals surface area (Å²) in [5, 5.41) is 16.7. The highest BCUT2D eigenvalue weighted by Gasteiger charge is 2.09. The van der Waals surface area contributed by atoms with E-state index >= 15 is 0 Å². The van der Waals surface area contributed by atoms with E-state index in [2.05, 4.69) is 28.3 Å². The van der Waals surface area contributed by atoms with Gasteiger partial charge in [0.15, 0.2) is 5.96 Å². The van der Waals surface area contributed by atoms with Crippen LogP contribution in [0.1, 0.15) is 23.6 Å². The zero-order valence-corrected chi connectivity index (χ0v) is 18.9. The topological polar surface area (TPSA) is 69.2 Å². The number of hydrogen-bond acceptors (Lipinski definition) is 3. The molecule has 150 valence electrons. The minimum atomic E-state index is 0. The molecule has 1 heterocycles. The summed E-state index contributed by atoms with van der Waals surface area (Å²) < 4.78 is 1.88. The fraction of sp³-hybridized carbons (Fsp3) is 0.227. The molecule has 3 rings (SSSR count). The average molecular weight is 500 g/mol. The number of hydrogen-bond donors (Lipinski definition) is 1. The highest BCUT2D eigenvalue weighted by atomic mass is 127. The molecule has 0 fully saturated rings. The Morgan fingerprint density at radius 3 is 2.52 bits per heavy atom. The highest BCUT2D eigenvalue weighted by Crippen LogP contribution is 2.10. The van der Waals surface area contributed by atoms with Crippen LogP contribution in [0.4, 0.5) is 0 Å². The van der Waals surface area contributed by atoms with E-state index in [0.29, 0.717) is 18.7 Å². The van der Waals surface area contributed by atoms with Crippen molar-refractivity contribution < 1.29 is 0 Å². The largest absolute Gasteiger partial charge is 0.357 e. The van der Waals surface area contributed by atoms with Gasteiger partial charge in [-0.1, -0.05) is 30.3 Å². The Labute approximate surface area is 188 Å². The molecule has 0 saturated carbocycles. The van der Waals surface area contributed by atoms with Crippen LogP contribution in [0.2, 0.25) is 0 Å². The number of nitrogens with zero attached hydrogens (tertiary/aromatic N) is 5. The van der Waals surface area contributed by atoms with Gasteiger partial charge < -0.3 is 10.2 Å². The van der Waals surface area contributed by atoms with E-state index in [1.54, 1.807) is 0 Å². The van der Waals surface area contributed by atoms with Gasteiger partial charge in [0.1, 0.15) is 0 Å². The Bertz CT molecular complexity index is 957. The van der Waals surface area contributed by atoms with Crippen LogP contribution in [0, 0.1) is 11.3 Å². The molecule has 6 nitrogen and oxygen atoms in total. The first-order chi connectivity index (χ1) is 13.7. The van der Waals surface area contributed by atoms with Crippen LogP contribution in [0.15, 0.2) is 72.0 Å². The summed E-state index contributed by atoms with van der Waals surface area (Å²) in [6.45, 7) is 4.10. The van der Waals surface area contributed by atoms with Crippen LogP contribution < -0.4 is 5.32 Å².